The molecule has 0 saturated heterocycles. The first-order valence-corrected chi connectivity index (χ1v) is 6.46. The predicted molar refractivity (Wildman–Crippen MR) is 71.1 cm³/mol. The van der Waals surface area contributed by atoms with Gasteiger partial charge in [0, 0.05) is 13.1 Å². The Bertz CT molecular complexity index is 392. The van der Waals surface area contributed by atoms with Crippen LogP contribution in [0.1, 0.15) is 37.0 Å². The van der Waals surface area contributed by atoms with Crippen LogP contribution in [-0.4, -0.2) is 29.2 Å². The summed E-state index contributed by atoms with van der Waals surface area (Å²) in [5.74, 6) is 0. The standard InChI is InChI=1S/C15H23NO/c1-15(2,17)9-7-12-5-4-6-13-11-16(3)10-8-14(12)13/h4-6,17H,7-11H2,1-3H3. The first-order valence-electron chi connectivity index (χ1n) is 6.46. The van der Waals surface area contributed by atoms with E-state index in [1.807, 2.05) is 13.8 Å². The molecule has 1 heterocycles. The molecule has 1 aliphatic rings. The SMILES string of the molecule is CN1CCc2c(CCC(C)(C)O)cccc2C1. The average molecular weight is 233 g/mol. The maximum atomic E-state index is 9.82. The van der Waals surface area contributed by atoms with Gasteiger partial charge < -0.3 is 10.0 Å². The molecule has 17 heavy (non-hydrogen) atoms. The van der Waals surface area contributed by atoms with Crippen molar-refractivity contribution in [2.75, 3.05) is 13.6 Å². The maximum absolute atomic E-state index is 9.82. The van der Waals surface area contributed by atoms with E-state index in [0.29, 0.717) is 0 Å². The van der Waals surface area contributed by atoms with Gasteiger partial charge in [-0.25, -0.2) is 0 Å². The Hall–Kier alpha value is -0.860. The first-order chi connectivity index (χ1) is 7.96. The minimum Gasteiger partial charge on any atom is -0.390 e. The topological polar surface area (TPSA) is 23.5 Å². The van der Waals surface area contributed by atoms with E-state index >= 15 is 0 Å². The summed E-state index contributed by atoms with van der Waals surface area (Å²) in [5, 5.41) is 9.82. The Kier molecular flexibility index (Phi) is 3.55. The molecule has 2 nitrogen and oxygen atoms in total. The molecule has 0 amide bonds. The zero-order valence-corrected chi connectivity index (χ0v) is 11.2. The Labute approximate surface area is 104 Å². The van der Waals surface area contributed by atoms with Gasteiger partial charge in [-0.05, 0) is 56.8 Å². The van der Waals surface area contributed by atoms with Crippen LogP contribution in [0, 0.1) is 0 Å². The van der Waals surface area contributed by atoms with Crippen molar-refractivity contribution in [3.05, 3.63) is 34.9 Å². The van der Waals surface area contributed by atoms with Gasteiger partial charge in [0.2, 0.25) is 0 Å². The molecule has 1 aromatic rings. The third kappa shape index (κ3) is 3.30. The summed E-state index contributed by atoms with van der Waals surface area (Å²) in [4.78, 5) is 2.36. The van der Waals surface area contributed by atoms with Crippen molar-refractivity contribution < 1.29 is 5.11 Å². The molecule has 0 atom stereocenters. The van der Waals surface area contributed by atoms with Crippen LogP contribution < -0.4 is 0 Å². The normalized spacial score (nSPS) is 16.9. The van der Waals surface area contributed by atoms with Crippen molar-refractivity contribution in [1.82, 2.24) is 4.90 Å². The number of aliphatic hydroxyl groups is 1. The van der Waals surface area contributed by atoms with Crippen LogP contribution in [0.3, 0.4) is 0 Å². The molecule has 0 unspecified atom stereocenters. The number of hydrogen-bond acceptors (Lipinski definition) is 2. The van der Waals surface area contributed by atoms with E-state index < -0.39 is 5.60 Å². The lowest BCUT2D eigenvalue weighted by Crippen LogP contribution is -2.27. The van der Waals surface area contributed by atoms with Gasteiger partial charge in [-0.1, -0.05) is 18.2 Å². The third-order valence-electron chi connectivity index (χ3n) is 3.56. The molecular formula is C15H23NO. The molecule has 2 rings (SSSR count). The highest BCUT2D eigenvalue weighted by Gasteiger charge is 2.18. The maximum Gasteiger partial charge on any atom is 0.0594 e. The zero-order chi connectivity index (χ0) is 12.5. The van der Waals surface area contributed by atoms with Gasteiger partial charge in [0.1, 0.15) is 0 Å². The summed E-state index contributed by atoms with van der Waals surface area (Å²) in [7, 11) is 2.17. The van der Waals surface area contributed by atoms with Crippen LogP contribution in [-0.2, 0) is 19.4 Å². The zero-order valence-electron chi connectivity index (χ0n) is 11.2. The minimum atomic E-state index is -0.561. The Morgan fingerprint density at radius 2 is 2.12 bits per heavy atom. The van der Waals surface area contributed by atoms with Gasteiger partial charge in [-0.3, -0.25) is 0 Å². The fourth-order valence-electron chi connectivity index (χ4n) is 2.50. The molecule has 0 fully saturated rings. The molecule has 94 valence electrons. The fourth-order valence-corrected chi connectivity index (χ4v) is 2.50. The fraction of sp³-hybridized carbons (Fsp3) is 0.600. The molecule has 2 heteroatoms. The van der Waals surface area contributed by atoms with E-state index in [1.165, 1.54) is 16.7 Å². The van der Waals surface area contributed by atoms with Gasteiger partial charge in [0.15, 0.2) is 0 Å². The predicted octanol–water partition coefficient (Wildman–Crippen LogP) is 2.38. The molecule has 0 radical (unpaired) electrons. The van der Waals surface area contributed by atoms with Crippen LogP contribution >= 0.6 is 0 Å². The summed E-state index contributed by atoms with van der Waals surface area (Å²) in [6.07, 6.45) is 2.96. The van der Waals surface area contributed by atoms with E-state index in [1.54, 1.807) is 0 Å². The largest absolute Gasteiger partial charge is 0.390 e. The van der Waals surface area contributed by atoms with Crippen LogP contribution in [0.15, 0.2) is 18.2 Å². The number of fused-ring (bicyclic) bond motifs is 1. The van der Waals surface area contributed by atoms with Gasteiger partial charge in [0.05, 0.1) is 5.60 Å². The summed E-state index contributed by atoms with van der Waals surface area (Å²) in [6, 6.07) is 6.60. The van der Waals surface area contributed by atoms with Crippen LogP contribution in [0.2, 0.25) is 0 Å². The highest BCUT2D eigenvalue weighted by molar-refractivity contribution is 5.37. The molecule has 1 aliphatic heterocycles. The molecule has 0 saturated carbocycles. The summed E-state index contributed by atoms with van der Waals surface area (Å²) in [6.45, 7) is 5.98. The molecular weight excluding hydrogens is 210 g/mol. The monoisotopic (exact) mass is 233 g/mol. The Balaban J connectivity index is 2.16. The molecule has 0 aromatic heterocycles. The minimum absolute atomic E-state index is 0.561. The quantitative estimate of drug-likeness (QED) is 0.866. The number of benzene rings is 1. The number of hydrogen-bond donors (Lipinski definition) is 1. The molecule has 1 N–H and O–H groups in total. The second kappa shape index (κ2) is 4.79. The number of likely N-dealkylation sites (N-methyl/N-ethyl adjacent to an activating group) is 1. The van der Waals surface area contributed by atoms with Gasteiger partial charge in [0.25, 0.3) is 0 Å². The van der Waals surface area contributed by atoms with Gasteiger partial charge in [-0.2, -0.15) is 0 Å². The number of nitrogens with zero attached hydrogens (tertiary/aromatic N) is 1. The van der Waals surface area contributed by atoms with E-state index in [-0.39, 0.29) is 0 Å². The Morgan fingerprint density at radius 1 is 1.35 bits per heavy atom. The molecule has 0 spiro atoms. The van der Waals surface area contributed by atoms with Crippen molar-refractivity contribution in [2.24, 2.45) is 0 Å². The van der Waals surface area contributed by atoms with Crippen molar-refractivity contribution in [1.29, 1.82) is 0 Å². The highest BCUT2D eigenvalue weighted by Crippen LogP contribution is 2.24. The van der Waals surface area contributed by atoms with E-state index in [4.69, 9.17) is 0 Å². The lowest BCUT2D eigenvalue weighted by atomic mass is 9.90. The second-order valence-corrected chi connectivity index (χ2v) is 5.86. The summed E-state index contributed by atoms with van der Waals surface area (Å²) < 4.78 is 0. The van der Waals surface area contributed by atoms with Gasteiger partial charge in [-0.15, -0.1) is 0 Å². The second-order valence-electron chi connectivity index (χ2n) is 5.86. The molecule has 1 aromatic carbocycles. The molecule has 0 aliphatic carbocycles. The van der Waals surface area contributed by atoms with Crippen LogP contribution in [0.5, 0.6) is 0 Å². The van der Waals surface area contributed by atoms with Crippen LogP contribution in [0.25, 0.3) is 0 Å². The van der Waals surface area contributed by atoms with Crippen molar-refractivity contribution >= 4 is 0 Å². The lowest BCUT2D eigenvalue weighted by Gasteiger charge is -2.27. The molecule has 0 bridgehead atoms. The number of rotatable bonds is 3. The highest BCUT2D eigenvalue weighted by atomic mass is 16.3. The van der Waals surface area contributed by atoms with E-state index in [0.717, 1.165) is 32.4 Å². The smallest absolute Gasteiger partial charge is 0.0594 e. The summed E-state index contributed by atoms with van der Waals surface area (Å²) in [5.41, 5.74) is 3.85. The summed E-state index contributed by atoms with van der Waals surface area (Å²) >= 11 is 0. The third-order valence-corrected chi connectivity index (χ3v) is 3.56. The average Bonchev–Trinajstić information content (AvgIpc) is 2.24. The number of aryl methyl sites for hydroxylation is 1. The van der Waals surface area contributed by atoms with E-state index in [9.17, 15) is 5.11 Å². The van der Waals surface area contributed by atoms with Crippen molar-refractivity contribution in [3.8, 4) is 0 Å². The van der Waals surface area contributed by atoms with E-state index in [2.05, 4.69) is 30.1 Å². The van der Waals surface area contributed by atoms with Gasteiger partial charge >= 0.3 is 0 Å². The van der Waals surface area contributed by atoms with Crippen LogP contribution in [0.4, 0.5) is 0 Å². The lowest BCUT2D eigenvalue weighted by molar-refractivity contribution is 0.0713. The van der Waals surface area contributed by atoms with Crippen molar-refractivity contribution in [3.63, 3.8) is 0 Å². The van der Waals surface area contributed by atoms with Crippen molar-refractivity contribution in [2.45, 2.75) is 45.3 Å². The first kappa shape index (κ1) is 12.6. The Morgan fingerprint density at radius 3 is 2.82 bits per heavy atom.